The quantitative estimate of drug-likeness (QED) is 0.119. The molecule has 198 valence electrons. The minimum Gasteiger partial charge on any atom is -0.447 e. The number of nitrogens with two attached hydrogens (primary N) is 2. The molecule has 2 saturated heterocycles. The van der Waals surface area contributed by atoms with Crippen molar-refractivity contribution in [3.63, 3.8) is 0 Å². The highest BCUT2D eigenvalue weighted by Crippen LogP contribution is 2.24. The third-order valence-corrected chi connectivity index (χ3v) is 7.00. The smallest absolute Gasteiger partial charge is 0.404 e. The van der Waals surface area contributed by atoms with E-state index in [1.165, 1.54) is 5.38 Å². The van der Waals surface area contributed by atoms with E-state index >= 15 is 0 Å². The molecule has 16 nitrogen and oxygen atoms in total. The van der Waals surface area contributed by atoms with Gasteiger partial charge in [0.2, 0.25) is 0 Å². The van der Waals surface area contributed by atoms with Gasteiger partial charge in [-0.2, -0.15) is 8.42 Å². The van der Waals surface area contributed by atoms with Crippen molar-refractivity contribution in [1.29, 1.82) is 0 Å². The first-order valence-corrected chi connectivity index (χ1v) is 13.0. The zero-order chi connectivity index (χ0) is 26.5. The van der Waals surface area contributed by atoms with Gasteiger partial charge in [0, 0.05) is 18.5 Å². The molecule has 0 aliphatic carbocycles. The number of hydrogen-bond acceptors (Lipinski definition) is 12. The summed E-state index contributed by atoms with van der Waals surface area (Å²) in [5.41, 5.74) is 10.0. The summed E-state index contributed by atoms with van der Waals surface area (Å²) in [6.07, 6.45) is 2.53. The van der Waals surface area contributed by atoms with Crippen LogP contribution in [0.2, 0.25) is 0 Å². The summed E-state index contributed by atoms with van der Waals surface area (Å²) in [6, 6.07) is -3.00. The van der Waals surface area contributed by atoms with Gasteiger partial charge in [-0.15, -0.1) is 11.3 Å². The molecule has 2 aliphatic rings. The number of primary amides is 1. The molecule has 0 bridgehead atoms. The zero-order valence-electron chi connectivity index (χ0n) is 18.9. The maximum atomic E-state index is 13.0. The second-order valence-corrected chi connectivity index (χ2v) is 10.0. The summed E-state index contributed by atoms with van der Waals surface area (Å²) in [7, 11) is -5.01. The van der Waals surface area contributed by atoms with Crippen molar-refractivity contribution in [3.05, 3.63) is 11.1 Å². The largest absolute Gasteiger partial charge is 0.447 e. The first-order valence-electron chi connectivity index (χ1n) is 10.7. The average molecular weight is 548 g/mol. The number of hydrogen-bond donors (Lipinski definition) is 4. The predicted molar refractivity (Wildman–Crippen MR) is 124 cm³/mol. The van der Waals surface area contributed by atoms with Crippen LogP contribution in [0.5, 0.6) is 0 Å². The fraction of sp³-hybridized carbons (Fsp3) is 0.556. The van der Waals surface area contributed by atoms with E-state index in [1.54, 1.807) is 4.90 Å². The number of nitrogens with zero attached hydrogens (tertiary/aromatic N) is 4. The minimum absolute atomic E-state index is 0.0273. The van der Waals surface area contributed by atoms with E-state index in [4.69, 9.17) is 16.3 Å². The number of likely N-dealkylation sites (tertiary alicyclic amines) is 1. The lowest BCUT2D eigenvalue weighted by Gasteiger charge is -2.43. The van der Waals surface area contributed by atoms with Crippen LogP contribution >= 0.6 is 11.3 Å². The molecule has 3 heterocycles. The number of β-lactam (4-membered cyclic amide) rings is 1. The molecular formula is C18H25N7O9S2. The van der Waals surface area contributed by atoms with Gasteiger partial charge >= 0.3 is 16.4 Å². The summed E-state index contributed by atoms with van der Waals surface area (Å²) in [6.45, 7) is -0.0114. The standard InChI is InChI=1S/C18H25N7O9S2/c19-17-21-10(9-35-17)13(23-34-8-12(26)24-5-3-1-2-4-6-24)15(27)22-14-11(7-33-18(20)29)25(16(14)28)36(30,31)32/h9,11,14H,1-8H2,(H2,19,21)(H2,20,29)(H,22,27)(H,30,31,32)/b23-13-. The molecule has 1 aromatic heterocycles. The third-order valence-electron chi connectivity index (χ3n) is 5.38. The molecule has 2 fully saturated rings. The Labute approximate surface area is 209 Å². The second kappa shape index (κ2) is 11.5. The van der Waals surface area contributed by atoms with Crippen molar-refractivity contribution in [2.24, 2.45) is 10.9 Å². The highest BCUT2D eigenvalue weighted by molar-refractivity contribution is 7.84. The molecule has 0 spiro atoms. The Kier molecular flexibility index (Phi) is 8.64. The molecule has 18 heteroatoms. The normalized spacial score (nSPS) is 20.8. The molecule has 4 amide bonds. The number of thiazole rings is 1. The highest BCUT2D eigenvalue weighted by atomic mass is 32.2. The Morgan fingerprint density at radius 2 is 1.92 bits per heavy atom. The van der Waals surface area contributed by atoms with Gasteiger partial charge in [-0.3, -0.25) is 18.9 Å². The lowest BCUT2D eigenvalue weighted by molar-refractivity contribution is -0.146. The number of carbonyl (C=O) groups is 4. The fourth-order valence-corrected chi connectivity index (χ4v) is 5.08. The van der Waals surface area contributed by atoms with E-state index in [2.05, 4.69) is 20.2 Å². The van der Waals surface area contributed by atoms with Crippen molar-refractivity contribution < 1.29 is 41.7 Å². The molecule has 0 radical (unpaired) electrons. The van der Waals surface area contributed by atoms with Crippen LogP contribution in [-0.4, -0.2) is 95.1 Å². The Hall–Kier alpha value is -3.51. The van der Waals surface area contributed by atoms with Crippen LogP contribution in [0, 0.1) is 0 Å². The predicted octanol–water partition coefficient (Wildman–Crippen LogP) is -1.56. The molecule has 0 aromatic carbocycles. The monoisotopic (exact) mass is 547 g/mol. The van der Waals surface area contributed by atoms with Crippen LogP contribution in [0.1, 0.15) is 31.4 Å². The van der Waals surface area contributed by atoms with Crippen LogP contribution in [0.3, 0.4) is 0 Å². The van der Waals surface area contributed by atoms with E-state index in [1.807, 2.05) is 0 Å². The summed E-state index contributed by atoms with van der Waals surface area (Å²) in [5.74, 6) is -2.54. The van der Waals surface area contributed by atoms with Gasteiger partial charge in [0.05, 0.1) is 0 Å². The lowest BCUT2D eigenvalue weighted by atomic mass is 9.99. The number of aromatic nitrogens is 1. The first-order chi connectivity index (χ1) is 17.0. The van der Waals surface area contributed by atoms with Gasteiger partial charge in [-0.05, 0) is 12.8 Å². The number of rotatable bonds is 9. The first kappa shape index (κ1) is 27.1. The fourth-order valence-electron chi connectivity index (χ4n) is 3.67. The number of oxime groups is 1. The molecule has 3 rings (SSSR count). The molecule has 6 N–H and O–H groups in total. The van der Waals surface area contributed by atoms with E-state index < -0.39 is 59.2 Å². The van der Waals surface area contributed by atoms with E-state index in [9.17, 15) is 32.1 Å². The summed E-state index contributed by atoms with van der Waals surface area (Å²) < 4.78 is 36.8. The topological polar surface area (TPSA) is 237 Å². The lowest BCUT2D eigenvalue weighted by Crippen LogP contribution is -2.73. The average Bonchev–Trinajstić information content (AvgIpc) is 3.04. The highest BCUT2D eigenvalue weighted by Gasteiger charge is 2.54. The Bertz CT molecular complexity index is 1150. The van der Waals surface area contributed by atoms with Gasteiger partial charge in [-0.1, -0.05) is 18.0 Å². The van der Waals surface area contributed by atoms with E-state index in [0.29, 0.717) is 13.1 Å². The van der Waals surface area contributed by atoms with Crippen LogP contribution in [0.25, 0.3) is 0 Å². The van der Waals surface area contributed by atoms with Crippen molar-refractivity contribution in [3.8, 4) is 0 Å². The Balaban J connectivity index is 1.74. The van der Waals surface area contributed by atoms with Crippen molar-refractivity contribution in [2.45, 2.75) is 37.8 Å². The van der Waals surface area contributed by atoms with Crippen molar-refractivity contribution in [2.75, 3.05) is 32.0 Å². The number of nitrogen functional groups attached to an aromatic ring is 1. The summed E-state index contributed by atoms with van der Waals surface area (Å²) in [4.78, 5) is 59.3. The van der Waals surface area contributed by atoms with E-state index in [-0.39, 0.29) is 21.0 Å². The van der Waals surface area contributed by atoms with Crippen LogP contribution in [-0.2, 0) is 34.3 Å². The number of amides is 4. The summed E-state index contributed by atoms with van der Waals surface area (Å²) >= 11 is 0.986. The Morgan fingerprint density at radius 1 is 1.25 bits per heavy atom. The van der Waals surface area contributed by atoms with Crippen LogP contribution in [0.4, 0.5) is 9.93 Å². The maximum absolute atomic E-state index is 13.0. The molecule has 2 aliphatic heterocycles. The van der Waals surface area contributed by atoms with Crippen molar-refractivity contribution in [1.82, 2.24) is 19.5 Å². The molecule has 2 atom stereocenters. The van der Waals surface area contributed by atoms with Crippen LogP contribution in [0.15, 0.2) is 10.5 Å². The minimum atomic E-state index is -5.01. The van der Waals surface area contributed by atoms with Crippen LogP contribution < -0.4 is 16.8 Å². The number of nitrogens with one attached hydrogen (secondary N) is 1. The number of carbonyl (C=O) groups excluding carboxylic acids is 4. The summed E-state index contributed by atoms with van der Waals surface area (Å²) in [5, 5.41) is 7.43. The maximum Gasteiger partial charge on any atom is 0.404 e. The molecule has 1 aromatic rings. The molecule has 36 heavy (non-hydrogen) atoms. The van der Waals surface area contributed by atoms with Gasteiger partial charge in [0.15, 0.2) is 17.5 Å². The second-order valence-electron chi connectivity index (χ2n) is 7.84. The third kappa shape index (κ3) is 6.58. The Morgan fingerprint density at radius 3 is 2.47 bits per heavy atom. The molecular weight excluding hydrogens is 522 g/mol. The zero-order valence-corrected chi connectivity index (χ0v) is 20.5. The number of anilines is 1. The number of ether oxygens (including phenoxy) is 1. The van der Waals surface area contributed by atoms with Gasteiger partial charge in [0.1, 0.15) is 24.4 Å². The molecule has 2 unspecified atom stereocenters. The van der Waals surface area contributed by atoms with Gasteiger partial charge in [-0.25, -0.2) is 14.1 Å². The molecule has 0 saturated carbocycles. The van der Waals surface area contributed by atoms with Gasteiger partial charge in [0.25, 0.3) is 17.7 Å². The van der Waals surface area contributed by atoms with E-state index in [0.717, 1.165) is 37.0 Å². The van der Waals surface area contributed by atoms with Crippen molar-refractivity contribution >= 4 is 56.3 Å². The van der Waals surface area contributed by atoms with Gasteiger partial charge < -0.3 is 31.3 Å². The SMILES string of the molecule is NC(=O)OCC1C(NC(=O)/C(=N\OCC(=O)N2CCCCCC2)c2csc(N)n2)C(=O)N1S(=O)(=O)O.